The zero-order valence-corrected chi connectivity index (χ0v) is 15.4. The Morgan fingerprint density at radius 3 is 2.41 bits per heavy atom. The molecule has 1 unspecified atom stereocenters. The lowest BCUT2D eigenvalue weighted by Crippen LogP contribution is -2.30. The zero-order valence-electron chi connectivity index (χ0n) is 15.4. The summed E-state index contributed by atoms with van der Waals surface area (Å²) < 4.78 is 10.3. The molecule has 8 heteroatoms. The van der Waals surface area contributed by atoms with Crippen molar-refractivity contribution in [2.24, 2.45) is 0 Å². The first-order valence-corrected chi connectivity index (χ1v) is 8.14. The van der Waals surface area contributed by atoms with Crippen LogP contribution in [-0.4, -0.2) is 30.0 Å². The van der Waals surface area contributed by atoms with Crippen LogP contribution < -0.4 is 10.1 Å². The molecular formula is C19H20N2O6. The van der Waals surface area contributed by atoms with E-state index >= 15 is 0 Å². The van der Waals surface area contributed by atoms with Crippen molar-refractivity contribution < 1.29 is 24.0 Å². The third-order valence-electron chi connectivity index (χ3n) is 4.05. The molecule has 0 spiro atoms. The van der Waals surface area contributed by atoms with E-state index in [1.807, 2.05) is 13.8 Å². The summed E-state index contributed by atoms with van der Waals surface area (Å²) >= 11 is 0. The summed E-state index contributed by atoms with van der Waals surface area (Å²) in [4.78, 5) is 34.9. The zero-order chi connectivity index (χ0) is 20.1. The molecule has 0 bridgehead atoms. The van der Waals surface area contributed by atoms with Crippen molar-refractivity contribution in [3.8, 4) is 5.75 Å². The minimum atomic E-state index is -1.11. The summed E-state index contributed by atoms with van der Waals surface area (Å²) in [7, 11) is 1.38. The fourth-order valence-corrected chi connectivity index (χ4v) is 2.29. The molecule has 0 fully saturated rings. The molecule has 0 saturated heterocycles. The number of nitro benzene ring substituents is 1. The average molecular weight is 372 g/mol. The number of ether oxygens (including phenoxy) is 2. The largest absolute Gasteiger partial charge is 0.495 e. The Morgan fingerprint density at radius 1 is 1.11 bits per heavy atom. The van der Waals surface area contributed by atoms with E-state index < -0.39 is 22.9 Å². The monoisotopic (exact) mass is 372 g/mol. The molecule has 0 heterocycles. The smallest absolute Gasteiger partial charge is 0.338 e. The lowest BCUT2D eigenvalue weighted by atomic mass is 10.1. The highest BCUT2D eigenvalue weighted by molar-refractivity contribution is 5.98. The predicted octanol–water partition coefficient (Wildman–Crippen LogP) is 3.40. The van der Waals surface area contributed by atoms with Gasteiger partial charge in [0.2, 0.25) is 0 Å². The molecule has 142 valence electrons. The summed E-state index contributed by atoms with van der Waals surface area (Å²) in [6.45, 7) is 5.21. The summed E-state index contributed by atoms with van der Waals surface area (Å²) in [6, 6.07) is 8.92. The van der Waals surface area contributed by atoms with Crippen molar-refractivity contribution in [3.63, 3.8) is 0 Å². The van der Waals surface area contributed by atoms with Gasteiger partial charge >= 0.3 is 5.97 Å². The van der Waals surface area contributed by atoms with Crippen LogP contribution in [0.15, 0.2) is 36.4 Å². The number of esters is 1. The van der Waals surface area contributed by atoms with Gasteiger partial charge in [-0.3, -0.25) is 14.9 Å². The number of methoxy groups -OCH3 is 1. The van der Waals surface area contributed by atoms with Crippen LogP contribution in [0.5, 0.6) is 5.75 Å². The Bertz CT molecular complexity index is 894. The van der Waals surface area contributed by atoms with Crippen LogP contribution in [0.1, 0.15) is 28.4 Å². The van der Waals surface area contributed by atoms with Crippen molar-refractivity contribution in [1.29, 1.82) is 0 Å². The van der Waals surface area contributed by atoms with E-state index in [-0.39, 0.29) is 17.1 Å². The van der Waals surface area contributed by atoms with Crippen LogP contribution in [0.4, 0.5) is 11.4 Å². The summed E-state index contributed by atoms with van der Waals surface area (Å²) in [5, 5.41) is 13.4. The van der Waals surface area contributed by atoms with Gasteiger partial charge in [-0.1, -0.05) is 6.07 Å². The van der Waals surface area contributed by atoms with E-state index in [2.05, 4.69) is 5.32 Å². The molecule has 1 amide bonds. The van der Waals surface area contributed by atoms with Gasteiger partial charge in [-0.25, -0.2) is 4.79 Å². The van der Waals surface area contributed by atoms with E-state index in [4.69, 9.17) is 9.47 Å². The number of carbonyl (C=O) groups is 2. The van der Waals surface area contributed by atoms with E-state index in [1.165, 1.54) is 32.2 Å². The van der Waals surface area contributed by atoms with Crippen molar-refractivity contribution >= 4 is 23.3 Å². The second-order valence-electron chi connectivity index (χ2n) is 5.98. The molecule has 27 heavy (non-hydrogen) atoms. The first kappa shape index (κ1) is 19.9. The van der Waals surface area contributed by atoms with E-state index in [0.717, 1.165) is 11.1 Å². The molecule has 2 rings (SSSR count). The predicted molar refractivity (Wildman–Crippen MR) is 99.1 cm³/mol. The molecule has 8 nitrogen and oxygen atoms in total. The molecule has 0 radical (unpaired) electrons. The molecule has 2 aromatic carbocycles. The van der Waals surface area contributed by atoms with Crippen molar-refractivity contribution in [2.75, 3.05) is 12.4 Å². The van der Waals surface area contributed by atoms with Crippen molar-refractivity contribution in [3.05, 3.63) is 63.2 Å². The van der Waals surface area contributed by atoms with E-state index in [0.29, 0.717) is 5.56 Å². The second kappa shape index (κ2) is 8.31. The third kappa shape index (κ3) is 4.81. The molecular weight excluding hydrogens is 352 g/mol. The van der Waals surface area contributed by atoms with Gasteiger partial charge in [0.05, 0.1) is 23.3 Å². The number of nitro groups is 1. The molecule has 0 aliphatic rings. The van der Waals surface area contributed by atoms with Gasteiger partial charge in [-0.15, -0.1) is 0 Å². The Balaban J connectivity index is 2.11. The number of aryl methyl sites for hydroxylation is 2. The lowest BCUT2D eigenvalue weighted by molar-refractivity contribution is -0.384. The number of anilines is 1. The molecule has 0 saturated carbocycles. The first-order valence-electron chi connectivity index (χ1n) is 8.14. The van der Waals surface area contributed by atoms with Crippen LogP contribution in [0.3, 0.4) is 0 Å². The summed E-state index contributed by atoms with van der Waals surface area (Å²) in [6.07, 6.45) is -1.11. The average Bonchev–Trinajstić information content (AvgIpc) is 2.63. The number of nitrogens with zero attached hydrogens (tertiary/aromatic N) is 1. The maximum absolute atomic E-state index is 12.3. The van der Waals surface area contributed by atoms with Crippen molar-refractivity contribution in [2.45, 2.75) is 26.9 Å². The Kier molecular flexibility index (Phi) is 6.12. The van der Waals surface area contributed by atoms with Crippen LogP contribution in [0.2, 0.25) is 0 Å². The van der Waals surface area contributed by atoms with Crippen LogP contribution in [0, 0.1) is 24.0 Å². The quantitative estimate of drug-likeness (QED) is 0.473. The number of carbonyl (C=O) groups excluding carboxylic acids is 2. The molecule has 0 aliphatic heterocycles. The van der Waals surface area contributed by atoms with Crippen LogP contribution >= 0.6 is 0 Å². The first-order chi connectivity index (χ1) is 12.7. The maximum Gasteiger partial charge on any atom is 0.338 e. The second-order valence-corrected chi connectivity index (χ2v) is 5.98. The van der Waals surface area contributed by atoms with Gasteiger partial charge < -0.3 is 14.8 Å². The van der Waals surface area contributed by atoms with E-state index in [1.54, 1.807) is 18.2 Å². The van der Waals surface area contributed by atoms with Gasteiger partial charge in [0.25, 0.3) is 11.6 Å². The Morgan fingerprint density at radius 2 is 1.81 bits per heavy atom. The van der Waals surface area contributed by atoms with Crippen LogP contribution in [-0.2, 0) is 9.53 Å². The maximum atomic E-state index is 12.3. The number of hydrogen-bond donors (Lipinski definition) is 1. The SMILES string of the molecule is COc1ccc([N+](=O)[O-])cc1NC(=O)C(C)OC(=O)c1ccc(C)c(C)c1. The fraction of sp³-hybridized carbons (Fsp3) is 0.263. The highest BCUT2D eigenvalue weighted by atomic mass is 16.6. The van der Waals surface area contributed by atoms with Gasteiger partial charge in [0.15, 0.2) is 6.10 Å². The highest BCUT2D eigenvalue weighted by Gasteiger charge is 2.21. The topological polar surface area (TPSA) is 108 Å². The van der Waals surface area contributed by atoms with Gasteiger partial charge in [0, 0.05) is 12.1 Å². The summed E-state index contributed by atoms with van der Waals surface area (Å²) in [5.41, 5.74) is 2.22. The minimum absolute atomic E-state index is 0.116. The van der Waals surface area contributed by atoms with Crippen LogP contribution in [0.25, 0.3) is 0 Å². The lowest BCUT2D eigenvalue weighted by Gasteiger charge is -2.15. The van der Waals surface area contributed by atoms with Gasteiger partial charge in [-0.05, 0) is 50.1 Å². The highest BCUT2D eigenvalue weighted by Crippen LogP contribution is 2.29. The number of nitrogens with one attached hydrogen (secondary N) is 1. The Labute approximate surface area is 156 Å². The third-order valence-corrected chi connectivity index (χ3v) is 4.05. The number of amides is 1. The fourth-order valence-electron chi connectivity index (χ4n) is 2.29. The molecule has 1 N–H and O–H groups in total. The summed E-state index contributed by atoms with van der Waals surface area (Å²) in [5.74, 6) is -1.01. The molecule has 0 aromatic heterocycles. The molecule has 0 aliphatic carbocycles. The van der Waals surface area contributed by atoms with Gasteiger partial charge in [0.1, 0.15) is 5.75 Å². The Hall–Kier alpha value is -3.42. The standard InChI is InChI=1S/C19H20N2O6/c1-11-5-6-14(9-12(11)2)19(23)27-13(3)18(22)20-16-10-15(21(24)25)7-8-17(16)26-4/h5-10,13H,1-4H3,(H,20,22). The van der Waals surface area contributed by atoms with E-state index in [9.17, 15) is 19.7 Å². The van der Waals surface area contributed by atoms with Gasteiger partial charge in [-0.2, -0.15) is 0 Å². The minimum Gasteiger partial charge on any atom is -0.495 e. The normalized spacial score (nSPS) is 11.4. The number of non-ortho nitro benzene ring substituents is 1. The number of rotatable bonds is 6. The molecule has 1 atom stereocenters. The number of benzene rings is 2. The van der Waals surface area contributed by atoms with Crippen molar-refractivity contribution in [1.82, 2.24) is 0 Å². The molecule has 2 aromatic rings. The number of hydrogen-bond acceptors (Lipinski definition) is 6.